The fourth-order valence-corrected chi connectivity index (χ4v) is 3.12. The summed E-state index contributed by atoms with van der Waals surface area (Å²) >= 11 is 5.10. The van der Waals surface area contributed by atoms with Crippen molar-refractivity contribution < 1.29 is 0 Å². The zero-order valence-corrected chi connectivity index (χ0v) is 11.0. The molecule has 0 unspecified atom stereocenters. The van der Waals surface area contributed by atoms with E-state index in [1.165, 1.54) is 17.8 Å². The second kappa shape index (κ2) is 3.86. The smallest absolute Gasteiger partial charge is 0.114 e. The van der Waals surface area contributed by atoms with Gasteiger partial charge in [-0.3, -0.25) is 0 Å². The second-order valence-corrected chi connectivity index (χ2v) is 6.03. The van der Waals surface area contributed by atoms with Gasteiger partial charge < -0.3 is 5.73 Å². The Balaban J connectivity index is 2.04. The number of nitrogen functional groups attached to an aromatic ring is 1. The average molecular weight is 295 g/mol. The Morgan fingerprint density at radius 1 is 1.38 bits per heavy atom. The molecule has 0 saturated heterocycles. The Bertz CT molecular complexity index is 532. The highest BCUT2D eigenvalue weighted by Gasteiger charge is 2.28. The van der Waals surface area contributed by atoms with E-state index in [2.05, 4.69) is 27.0 Å². The van der Waals surface area contributed by atoms with Gasteiger partial charge in [0, 0.05) is 16.0 Å². The normalized spacial score (nSPS) is 15.3. The number of halogens is 1. The van der Waals surface area contributed by atoms with E-state index in [0.717, 1.165) is 20.7 Å². The van der Waals surface area contributed by atoms with Crippen LogP contribution in [-0.4, -0.2) is 4.98 Å². The lowest BCUT2D eigenvalue weighted by Crippen LogP contribution is -1.85. The van der Waals surface area contributed by atoms with Gasteiger partial charge in [-0.1, -0.05) is 28.1 Å². The van der Waals surface area contributed by atoms with Gasteiger partial charge in [0.1, 0.15) is 10.7 Å². The number of benzene rings is 1. The van der Waals surface area contributed by atoms with E-state index in [0.29, 0.717) is 5.92 Å². The van der Waals surface area contributed by atoms with Crippen molar-refractivity contribution in [2.24, 2.45) is 0 Å². The molecule has 1 heterocycles. The van der Waals surface area contributed by atoms with E-state index in [1.54, 1.807) is 11.3 Å². The summed E-state index contributed by atoms with van der Waals surface area (Å²) in [5.74, 6) is 0.674. The topological polar surface area (TPSA) is 38.9 Å². The minimum atomic E-state index is 0.674. The van der Waals surface area contributed by atoms with Crippen LogP contribution in [0.3, 0.4) is 0 Å². The van der Waals surface area contributed by atoms with E-state index in [4.69, 9.17) is 5.73 Å². The van der Waals surface area contributed by atoms with Gasteiger partial charge in [0.2, 0.25) is 0 Å². The van der Waals surface area contributed by atoms with Crippen LogP contribution in [0.2, 0.25) is 0 Å². The van der Waals surface area contributed by atoms with Gasteiger partial charge in [-0.2, -0.15) is 0 Å². The van der Waals surface area contributed by atoms with Crippen LogP contribution in [0.15, 0.2) is 28.7 Å². The molecule has 2 aromatic rings. The quantitative estimate of drug-likeness (QED) is 0.908. The number of anilines is 1. The van der Waals surface area contributed by atoms with Crippen LogP contribution in [0.5, 0.6) is 0 Å². The van der Waals surface area contributed by atoms with Gasteiger partial charge in [0.25, 0.3) is 0 Å². The highest BCUT2D eigenvalue weighted by Crippen LogP contribution is 2.45. The van der Waals surface area contributed by atoms with E-state index < -0.39 is 0 Å². The molecular weight excluding hydrogens is 284 g/mol. The highest BCUT2D eigenvalue weighted by atomic mass is 79.9. The van der Waals surface area contributed by atoms with Crippen LogP contribution in [-0.2, 0) is 0 Å². The molecule has 1 aliphatic carbocycles. The maximum absolute atomic E-state index is 6.03. The largest absolute Gasteiger partial charge is 0.389 e. The van der Waals surface area contributed by atoms with Crippen molar-refractivity contribution in [3.05, 3.63) is 33.7 Å². The van der Waals surface area contributed by atoms with Crippen molar-refractivity contribution in [1.82, 2.24) is 4.98 Å². The first-order valence-electron chi connectivity index (χ1n) is 5.26. The highest BCUT2D eigenvalue weighted by molar-refractivity contribution is 9.10. The molecule has 4 heteroatoms. The summed E-state index contributed by atoms with van der Waals surface area (Å²) in [5.41, 5.74) is 8.06. The standard InChI is InChI=1S/C12H11BrN2S/c13-9-3-1-2-8(6-9)10-11(14)16-12(15-10)7-4-5-7/h1-3,6-7H,4-5,14H2. The van der Waals surface area contributed by atoms with E-state index in [-0.39, 0.29) is 0 Å². The molecule has 82 valence electrons. The first-order chi connectivity index (χ1) is 7.74. The summed E-state index contributed by atoms with van der Waals surface area (Å²) in [6.07, 6.45) is 2.54. The lowest BCUT2D eigenvalue weighted by molar-refractivity contribution is 1.09. The third-order valence-electron chi connectivity index (χ3n) is 2.69. The molecule has 0 amide bonds. The van der Waals surface area contributed by atoms with Gasteiger partial charge in [-0.05, 0) is 25.0 Å². The number of nitrogens with two attached hydrogens (primary N) is 1. The molecule has 2 N–H and O–H groups in total. The second-order valence-electron chi connectivity index (χ2n) is 4.05. The molecule has 3 rings (SSSR count). The monoisotopic (exact) mass is 294 g/mol. The maximum atomic E-state index is 6.03. The lowest BCUT2D eigenvalue weighted by Gasteiger charge is -1.98. The predicted molar refractivity (Wildman–Crippen MR) is 71.6 cm³/mol. The van der Waals surface area contributed by atoms with E-state index in [1.807, 2.05) is 18.2 Å². The molecule has 16 heavy (non-hydrogen) atoms. The summed E-state index contributed by atoms with van der Waals surface area (Å²) in [6.45, 7) is 0. The molecule has 0 radical (unpaired) electrons. The summed E-state index contributed by atoms with van der Waals surface area (Å²) in [4.78, 5) is 4.66. The maximum Gasteiger partial charge on any atom is 0.114 e. The van der Waals surface area contributed by atoms with Crippen molar-refractivity contribution >= 4 is 32.3 Å². The molecule has 1 aromatic heterocycles. The van der Waals surface area contributed by atoms with Crippen molar-refractivity contribution in [3.8, 4) is 11.3 Å². The molecule has 0 aliphatic heterocycles. The Morgan fingerprint density at radius 2 is 2.19 bits per heavy atom. The summed E-state index contributed by atoms with van der Waals surface area (Å²) in [6, 6.07) is 8.12. The van der Waals surface area contributed by atoms with Crippen LogP contribution in [0.1, 0.15) is 23.8 Å². The van der Waals surface area contributed by atoms with Crippen LogP contribution >= 0.6 is 27.3 Å². The van der Waals surface area contributed by atoms with E-state index in [9.17, 15) is 0 Å². The first kappa shape index (κ1) is 10.3. The van der Waals surface area contributed by atoms with Gasteiger partial charge in [0.05, 0.1) is 5.01 Å². The van der Waals surface area contributed by atoms with Gasteiger partial charge in [-0.25, -0.2) is 4.98 Å². The molecule has 0 bridgehead atoms. The van der Waals surface area contributed by atoms with Gasteiger partial charge in [0.15, 0.2) is 0 Å². The number of hydrogen-bond donors (Lipinski definition) is 1. The van der Waals surface area contributed by atoms with Crippen LogP contribution < -0.4 is 5.73 Å². The number of aromatic nitrogens is 1. The lowest BCUT2D eigenvalue weighted by atomic mass is 10.2. The molecule has 1 aliphatic rings. The van der Waals surface area contributed by atoms with Crippen LogP contribution in [0.4, 0.5) is 5.00 Å². The minimum Gasteiger partial charge on any atom is -0.389 e. The third kappa shape index (κ3) is 1.87. The fourth-order valence-electron chi connectivity index (χ4n) is 1.70. The van der Waals surface area contributed by atoms with Gasteiger partial charge in [-0.15, -0.1) is 11.3 Å². The molecular formula is C12H11BrN2S. The first-order valence-corrected chi connectivity index (χ1v) is 6.87. The van der Waals surface area contributed by atoms with Crippen molar-refractivity contribution in [1.29, 1.82) is 0 Å². The number of nitrogens with zero attached hydrogens (tertiary/aromatic N) is 1. The van der Waals surface area contributed by atoms with Crippen LogP contribution in [0.25, 0.3) is 11.3 Å². The molecule has 0 spiro atoms. The molecule has 0 atom stereocenters. The van der Waals surface area contributed by atoms with Crippen molar-refractivity contribution in [2.45, 2.75) is 18.8 Å². The number of hydrogen-bond acceptors (Lipinski definition) is 3. The molecule has 1 aromatic carbocycles. The Hall–Kier alpha value is -0.870. The predicted octanol–water partition coefficient (Wildman–Crippen LogP) is 4.03. The zero-order valence-electron chi connectivity index (χ0n) is 8.61. The van der Waals surface area contributed by atoms with Crippen LogP contribution in [0, 0.1) is 0 Å². The SMILES string of the molecule is Nc1sc(C2CC2)nc1-c1cccc(Br)c1. The van der Waals surface area contributed by atoms with E-state index >= 15 is 0 Å². The molecule has 1 fully saturated rings. The zero-order chi connectivity index (χ0) is 11.1. The average Bonchev–Trinajstić information content (AvgIpc) is 3.02. The number of thiazole rings is 1. The fraction of sp³-hybridized carbons (Fsp3) is 0.250. The number of rotatable bonds is 2. The molecule has 1 saturated carbocycles. The Kier molecular flexibility index (Phi) is 2.48. The minimum absolute atomic E-state index is 0.674. The summed E-state index contributed by atoms with van der Waals surface area (Å²) < 4.78 is 1.06. The Morgan fingerprint density at radius 3 is 2.88 bits per heavy atom. The van der Waals surface area contributed by atoms with Gasteiger partial charge >= 0.3 is 0 Å². The third-order valence-corrected chi connectivity index (χ3v) is 4.23. The summed E-state index contributed by atoms with van der Waals surface area (Å²) in [7, 11) is 0. The Labute approximate surface area is 107 Å². The summed E-state index contributed by atoms with van der Waals surface area (Å²) in [5, 5.41) is 2.03. The van der Waals surface area contributed by atoms with Crippen molar-refractivity contribution in [3.63, 3.8) is 0 Å². The molecule has 2 nitrogen and oxygen atoms in total. The van der Waals surface area contributed by atoms with Crippen molar-refractivity contribution in [2.75, 3.05) is 5.73 Å².